The van der Waals surface area contributed by atoms with Gasteiger partial charge in [0, 0.05) is 41.0 Å². The molecule has 0 unspecified atom stereocenters. The summed E-state index contributed by atoms with van der Waals surface area (Å²) in [7, 11) is 0. The molecule has 6 aromatic rings. The fourth-order valence-electron chi connectivity index (χ4n) is 8.02. The van der Waals surface area contributed by atoms with Crippen molar-refractivity contribution in [3.63, 3.8) is 0 Å². The second-order valence-corrected chi connectivity index (χ2v) is 11.9. The van der Waals surface area contributed by atoms with Crippen LogP contribution in [0.1, 0.15) is 45.2 Å². The zero-order valence-electron chi connectivity index (χ0n) is 23.3. The lowest BCUT2D eigenvalue weighted by molar-refractivity contribution is -0.139. The van der Waals surface area contributed by atoms with E-state index in [1.165, 1.54) is 16.3 Å². The van der Waals surface area contributed by atoms with Gasteiger partial charge in [-0.05, 0) is 44.7 Å². The molecule has 0 N–H and O–H groups in total. The summed E-state index contributed by atoms with van der Waals surface area (Å²) in [6.07, 6.45) is 3.76. The summed E-state index contributed by atoms with van der Waals surface area (Å²) in [5, 5.41) is 9.24. The molecule has 5 aromatic carbocycles. The van der Waals surface area contributed by atoms with Crippen molar-refractivity contribution in [2.75, 3.05) is 0 Å². The topological polar surface area (TPSA) is 54.7 Å². The maximum absolute atomic E-state index is 14.0. The summed E-state index contributed by atoms with van der Waals surface area (Å²) in [5.41, 5.74) is 7.83. The number of imide groups is 1. The maximum atomic E-state index is 14.0. The van der Waals surface area contributed by atoms with Crippen LogP contribution in [-0.2, 0) is 16.1 Å². The van der Waals surface area contributed by atoms with Crippen molar-refractivity contribution in [2.45, 2.75) is 18.4 Å². The van der Waals surface area contributed by atoms with Crippen LogP contribution in [0.4, 0.5) is 0 Å². The van der Waals surface area contributed by atoms with E-state index in [1.807, 2.05) is 36.4 Å². The highest BCUT2D eigenvalue weighted by molar-refractivity contribution is 6.09. The number of carbonyl (C=O) groups excluding carboxylic acids is 2. The van der Waals surface area contributed by atoms with Crippen molar-refractivity contribution in [3.8, 4) is 0 Å². The molecular weight excluding hydrogens is 530 g/mol. The van der Waals surface area contributed by atoms with Gasteiger partial charge in [-0.15, -0.1) is 0 Å². The lowest BCUT2D eigenvalue weighted by atomic mass is 9.55. The summed E-state index contributed by atoms with van der Waals surface area (Å²) in [4.78, 5) is 28.0. The predicted octanol–water partition coefficient (Wildman–Crippen LogP) is 7.07. The molecule has 0 radical (unpaired) electrons. The van der Waals surface area contributed by atoms with Gasteiger partial charge in [-0.25, -0.2) is 0 Å². The van der Waals surface area contributed by atoms with Crippen molar-refractivity contribution in [3.05, 3.63) is 155 Å². The smallest absolute Gasteiger partial charge is 0.254 e. The summed E-state index contributed by atoms with van der Waals surface area (Å²) in [5.74, 6) is -1.56. The van der Waals surface area contributed by atoms with Gasteiger partial charge in [0.1, 0.15) is 0 Å². The Morgan fingerprint density at radius 3 is 1.79 bits per heavy atom. The first-order chi connectivity index (χ1) is 21.2. The third kappa shape index (κ3) is 3.42. The van der Waals surface area contributed by atoms with Gasteiger partial charge in [-0.3, -0.25) is 9.59 Å². The van der Waals surface area contributed by atoms with E-state index in [1.54, 1.807) is 6.21 Å². The highest BCUT2D eigenvalue weighted by atomic mass is 16.2. The Balaban J connectivity index is 1.09. The van der Waals surface area contributed by atoms with Crippen LogP contribution in [0.3, 0.4) is 0 Å². The number of hydrogen-bond donors (Lipinski definition) is 0. The number of aromatic nitrogens is 1. The molecule has 0 spiro atoms. The van der Waals surface area contributed by atoms with Gasteiger partial charge in [0.25, 0.3) is 11.8 Å². The van der Waals surface area contributed by atoms with Gasteiger partial charge in [0.2, 0.25) is 0 Å². The van der Waals surface area contributed by atoms with Crippen LogP contribution < -0.4 is 0 Å². The quantitative estimate of drug-likeness (QED) is 0.172. The Kier molecular flexibility index (Phi) is 5.15. The van der Waals surface area contributed by atoms with E-state index in [2.05, 4.69) is 94.7 Å². The van der Waals surface area contributed by atoms with Crippen molar-refractivity contribution < 1.29 is 9.59 Å². The standard InChI is InChI=1S/C38H27N3O2/c42-37-35-33-28-15-3-4-16-29(28)34(31-18-6-5-17-30(31)33)36(35)38(43)41(37)39-20-25-22-40(32-19-8-7-14-27(25)32)21-24-12-9-11-23-10-1-2-13-26(23)24/h1-20,22,33-36H,21H2/b39-20-/t33?,34?,35-,36+. The average Bonchev–Trinajstić information content (AvgIpc) is 3.53. The number of benzene rings is 5. The highest BCUT2D eigenvalue weighted by Crippen LogP contribution is 2.61. The molecule has 3 aliphatic carbocycles. The molecule has 1 aliphatic heterocycles. The SMILES string of the molecule is O=C1[C@@H]2C3c4ccccc4C(c4ccccc43)[C@@H]2C(=O)N1/N=C\c1cn(Cc2cccc3ccccc23)c2ccccc12. The molecule has 43 heavy (non-hydrogen) atoms. The van der Waals surface area contributed by atoms with E-state index >= 15 is 0 Å². The fraction of sp³-hybridized carbons (Fsp3) is 0.132. The first-order valence-corrected chi connectivity index (χ1v) is 14.8. The van der Waals surface area contributed by atoms with Crippen molar-refractivity contribution >= 4 is 39.7 Å². The minimum Gasteiger partial charge on any atom is -0.342 e. The largest absolute Gasteiger partial charge is 0.342 e. The van der Waals surface area contributed by atoms with E-state index in [0.717, 1.165) is 43.7 Å². The van der Waals surface area contributed by atoms with E-state index < -0.39 is 11.8 Å². The van der Waals surface area contributed by atoms with Crippen LogP contribution in [-0.4, -0.2) is 27.6 Å². The van der Waals surface area contributed by atoms with E-state index in [0.29, 0.717) is 6.54 Å². The van der Waals surface area contributed by atoms with Crippen LogP contribution in [0.15, 0.2) is 127 Å². The van der Waals surface area contributed by atoms with Crippen molar-refractivity contribution in [1.29, 1.82) is 0 Å². The molecule has 0 saturated carbocycles. The third-order valence-corrected chi connectivity index (χ3v) is 9.78. The number of para-hydroxylation sites is 1. The number of rotatable bonds is 4. The van der Waals surface area contributed by atoms with Gasteiger partial charge < -0.3 is 4.57 Å². The molecule has 2 heterocycles. The monoisotopic (exact) mass is 557 g/mol. The second kappa shape index (κ2) is 9.10. The van der Waals surface area contributed by atoms with Crippen LogP contribution in [0.5, 0.6) is 0 Å². The molecule has 2 amide bonds. The molecule has 2 atom stereocenters. The second-order valence-electron chi connectivity index (χ2n) is 11.9. The van der Waals surface area contributed by atoms with E-state index in [9.17, 15) is 9.59 Å². The number of carbonyl (C=O) groups is 2. The van der Waals surface area contributed by atoms with E-state index in [4.69, 9.17) is 0 Å². The van der Waals surface area contributed by atoms with Crippen LogP contribution in [0.2, 0.25) is 0 Å². The van der Waals surface area contributed by atoms with Crippen LogP contribution >= 0.6 is 0 Å². The highest BCUT2D eigenvalue weighted by Gasteiger charge is 2.61. The molecule has 5 heteroatoms. The molecule has 1 saturated heterocycles. The predicted molar refractivity (Wildman–Crippen MR) is 168 cm³/mol. The molecule has 206 valence electrons. The van der Waals surface area contributed by atoms with Gasteiger partial charge in [-0.2, -0.15) is 10.1 Å². The first kappa shape index (κ1) is 24.3. The molecule has 10 rings (SSSR count). The summed E-state index contributed by atoms with van der Waals surface area (Å²) >= 11 is 0. The number of fused-ring (bicyclic) bond motifs is 2. The molecule has 1 aromatic heterocycles. The number of amides is 2. The summed E-state index contributed by atoms with van der Waals surface area (Å²) in [6.45, 7) is 0.696. The lowest BCUT2D eigenvalue weighted by Gasteiger charge is -2.45. The third-order valence-electron chi connectivity index (χ3n) is 9.78. The van der Waals surface area contributed by atoms with Gasteiger partial charge in [0.15, 0.2) is 0 Å². The number of hydrogen-bond acceptors (Lipinski definition) is 3. The van der Waals surface area contributed by atoms with Gasteiger partial charge >= 0.3 is 0 Å². The molecule has 4 aliphatic rings. The Morgan fingerprint density at radius 1 is 0.605 bits per heavy atom. The van der Waals surface area contributed by atoms with E-state index in [-0.39, 0.29) is 23.7 Å². The fourth-order valence-corrected chi connectivity index (χ4v) is 8.02. The van der Waals surface area contributed by atoms with Crippen LogP contribution in [0.25, 0.3) is 21.7 Å². The molecular formula is C38H27N3O2. The minimum absolute atomic E-state index is 0.137. The maximum Gasteiger partial charge on any atom is 0.254 e. The summed E-state index contributed by atoms with van der Waals surface area (Å²) in [6, 6.07) is 39.6. The minimum atomic E-state index is -0.438. The van der Waals surface area contributed by atoms with Gasteiger partial charge in [0.05, 0.1) is 18.1 Å². The first-order valence-electron chi connectivity index (χ1n) is 14.8. The zero-order chi connectivity index (χ0) is 28.7. The van der Waals surface area contributed by atoms with Crippen LogP contribution in [0, 0.1) is 11.8 Å². The number of hydrazone groups is 1. The Morgan fingerprint density at radius 2 is 1.14 bits per heavy atom. The Labute approximate surface area is 248 Å². The molecule has 5 nitrogen and oxygen atoms in total. The Hall–Kier alpha value is -5.29. The molecule has 1 fully saturated rings. The zero-order valence-corrected chi connectivity index (χ0v) is 23.3. The lowest BCUT2D eigenvalue weighted by Crippen LogP contribution is -2.41. The van der Waals surface area contributed by atoms with Gasteiger partial charge in [-0.1, -0.05) is 109 Å². The normalized spacial score (nSPS) is 22.0. The summed E-state index contributed by atoms with van der Waals surface area (Å²) < 4.78 is 2.22. The van der Waals surface area contributed by atoms with Crippen molar-refractivity contribution in [1.82, 2.24) is 9.58 Å². The average molecular weight is 558 g/mol. The van der Waals surface area contributed by atoms with Crippen molar-refractivity contribution in [2.24, 2.45) is 16.9 Å². The Bertz CT molecular complexity index is 2040. The molecule has 2 bridgehead atoms. The number of nitrogens with zero attached hydrogens (tertiary/aromatic N) is 3.